The Hall–Kier alpha value is -1.96. The Labute approximate surface area is 149 Å². The average molecular weight is 350 g/mol. The van der Waals surface area contributed by atoms with E-state index < -0.39 is 0 Å². The summed E-state index contributed by atoms with van der Waals surface area (Å²) in [6, 6.07) is -0.366. The van der Waals surface area contributed by atoms with Crippen LogP contribution in [0.1, 0.15) is 45.9 Å². The van der Waals surface area contributed by atoms with Gasteiger partial charge in [0.15, 0.2) is 0 Å². The molecule has 1 aromatic heterocycles. The smallest absolute Gasteiger partial charge is 0.248 e. The molecule has 0 saturated carbocycles. The zero-order valence-electron chi connectivity index (χ0n) is 15.7. The Bertz CT molecular complexity index is 581. The summed E-state index contributed by atoms with van der Waals surface area (Å²) in [5.74, 6) is 0.184. The Kier molecular flexibility index (Phi) is 6.92. The van der Waals surface area contributed by atoms with Gasteiger partial charge in [0, 0.05) is 13.1 Å². The van der Waals surface area contributed by atoms with Crippen LogP contribution in [0.2, 0.25) is 0 Å². The third-order valence-corrected chi connectivity index (χ3v) is 4.57. The van der Waals surface area contributed by atoms with Gasteiger partial charge in [-0.1, -0.05) is 32.9 Å². The summed E-state index contributed by atoms with van der Waals surface area (Å²) < 4.78 is 1.71. The highest BCUT2D eigenvalue weighted by Gasteiger charge is 2.35. The van der Waals surface area contributed by atoms with E-state index in [1.54, 1.807) is 15.8 Å². The van der Waals surface area contributed by atoms with Crippen LogP contribution in [0.15, 0.2) is 6.20 Å². The highest BCUT2D eigenvalue weighted by atomic mass is 16.2. The van der Waals surface area contributed by atoms with Crippen molar-refractivity contribution in [3.63, 3.8) is 0 Å². The van der Waals surface area contributed by atoms with Gasteiger partial charge in [0.2, 0.25) is 11.8 Å². The molecule has 0 aromatic carbocycles. The monoisotopic (exact) mass is 350 g/mol. The lowest BCUT2D eigenvalue weighted by atomic mass is 10.0. The number of carbonyl (C=O) groups excluding carboxylic acids is 2. The van der Waals surface area contributed by atoms with Gasteiger partial charge >= 0.3 is 0 Å². The summed E-state index contributed by atoms with van der Waals surface area (Å²) in [4.78, 5) is 28.9. The lowest BCUT2D eigenvalue weighted by molar-refractivity contribution is -0.142. The maximum atomic E-state index is 12.8. The van der Waals surface area contributed by atoms with E-state index in [-0.39, 0.29) is 24.4 Å². The van der Waals surface area contributed by atoms with Crippen molar-refractivity contribution < 1.29 is 9.59 Å². The first-order valence-electron chi connectivity index (χ1n) is 9.13. The summed E-state index contributed by atoms with van der Waals surface area (Å²) in [7, 11) is 0. The number of aromatic nitrogens is 3. The topological polar surface area (TPSA) is 83.4 Å². The van der Waals surface area contributed by atoms with Crippen LogP contribution in [0.25, 0.3) is 0 Å². The Morgan fingerprint density at radius 2 is 2.12 bits per heavy atom. The van der Waals surface area contributed by atoms with Gasteiger partial charge in [0.25, 0.3) is 0 Å². The number of carbonyl (C=O) groups is 2. The minimum atomic E-state index is -0.366. The van der Waals surface area contributed by atoms with Crippen molar-refractivity contribution in [2.75, 3.05) is 32.7 Å². The van der Waals surface area contributed by atoms with Crippen molar-refractivity contribution in [2.24, 2.45) is 5.92 Å². The molecule has 1 N–H and O–H groups in total. The van der Waals surface area contributed by atoms with E-state index in [1.165, 1.54) is 0 Å². The molecule has 0 spiro atoms. The highest BCUT2D eigenvalue weighted by Crippen LogP contribution is 2.26. The van der Waals surface area contributed by atoms with E-state index in [4.69, 9.17) is 0 Å². The van der Waals surface area contributed by atoms with Gasteiger partial charge in [-0.05, 0) is 25.4 Å². The molecule has 140 valence electrons. The molecule has 25 heavy (non-hydrogen) atoms. The van der Waals surface area contributed by atoms with Gasteiger partial charge in [-0.2, -0.15) is 0 Å². The maximum Gasteiger partial charge on any atom is 0.248 e. The first-order chi connectivity index (χ1) is 12.0. The van der Waals surface area contributed by atoms with Crippen LogP contribution in [0.5, 0.6) is 0 Å². The number of amides is 2. The molecule has 0 bridgehead atoms. The third kappa shape index (κ3) is 5.01. The SMILES string of the molecule is CCN(CC)CCNC(=O)CN1Cc2cnnn2[C@@H](CC(C)C)C1=O. The average Bonchev–Trinajstić information content (AvgIpc) is 3.03. The number of fused-ring (bicyclic) bond motifs is 1. The molecule has 8 nitrogen and oxygen atoms in total. The fraction of sp³-hybridized carbons (Fsp3) is 0.765. The molecule has 1 aliphatic heterocycles. The number of rotatable bonds is 9. The van der Waals surface area contributed by atoms with Crippen molar-refractivity contribution in [1.29, 1.82) is 0 Å². The number of hydrogen-bond donors (Lipinski definition) is 1. The molecule has 8 heteroatoms. The Morgan fingerprint density at radius 1 is 1.40 bits per heavy atom. The normalized spacial score (nSPS) is 17.3. The molecule has 0 unspecified atom stereocenters. The standard InChI is InChI=1S/C17H30N6O2/c1-5-21(6-2)8-7-18-16(24)12-22-11-14-10-19-20-23(14)15(17(22)25)9-13(3)4/h10,13,15H,5-9,11-12H2,1-4H3,(H,18,24)/t15-/m0/s1. The maximum absolute atomic E-state index is 12.8. The largest absolute Gasteiger partial charge is 0.353 e. The van der Waals surface area contributed by atoms with E-state index in [0.717, 1.165) is 25.3 Å². The van der Waals surface area contributed by atoms with E-state index >= 15 is 0 Å². The molecule has 0 saturated heterocycles. The lowest BCUT2D eigenvalue weighted by Crippen LogP contribution is -2.48. The van der Waals surface area contributed by atoms with Crippen LogP contribution in [0, 0.1) is 5.92 Å². The second kappa shape index (κ2) is 8.94. The molecule has 0 fully saturated rings. The highest BCUT2D eigenvalue weighted by molar-refractivity contribution is 5.87. The van der Waals surface area contributed by atoms with E-state index in [2.05, 4.69) is 48.2 Å². The Morgan fingerprint density at radius 3 is 2.76 bits per heavy atom. The summed E-state index contributed by atoms with van der Waals surface area (Å²) in [5, 5.41) is 10.9. The number of likely N-dealkylation sites (N-methyl/N-ethyl adjacent to an activating group) is 1. The minimum absolute atomic E-state index is 0.0504. The van der Waals surface area contributed by atoms with E-state index in [9.17, 15) is 9.59 Å². The first-order valence-corrected chi connectivity index (χ1v) is 9.13. The van der Waals surface area contributed by atoms with Gasteiger partial charge in [0.1, 0.15) is 6.04 Å². The molecule has 0 radical (unpaired) electrons. The van der Waals surface area contributed by atoms with Gasteiger partial charge in [-0.25, -0.2) is 4.68 Å². The zero-order chi connectivity index (χ0) is 18.4. The molecule has 1 aromatic rings. The van der Waals surface area contributed by atoms with Crippen LogP contribution >= 0.6 is 0 Å². The number of hydrogen-bond acceptors (Lipinski definition) is 5. The zero-order valence-corrected chi connectivity index (χ0v) is 15.7. The lowest BCUT2D eigenvalue weighted by Gasteiger charge is -2.33. The molecule has 2 rings (SSSR count). The van der Waals surface area contributed by atoms with Crippen LogP contribution in [-0.2, 0) is 16.1 Å². The molecule has 1 atom stereocenters. The van der Waals surface area contributed by atoms with Gasteiger partial charge in [-0.3, -0.25) is 9.59 Å². The van der Waals surface area contributed by atoms with Crippen LogP contribution in [-0.4, -0.2) is 69.3 Å². The summed E-state index contributed by atoms with van der Waals surface area (Å²) >= 11 is 0. The molecular formula is C17H30N6O2. The fourth-order valence-electron chi connectivity index (χ4n) is 3.13. The van der Waals surface area contributed by atoms with Crippen molar-refractivity contribution >= 4 is 11.8 Å². The predicted molar refractivity (Wildman–Crippen MR) is 94.7 cm³/mol. The molecule has 1 aliphatic rings. The Balaban J connectivity index is 1.93. The van der Waals surface area contributed by atoms with E-state index in [0.29, 0.717) is 25.4 Å². The minimum Gasteiger partial charge on any atom is -0.353 e. The van der Waals surface area contributed by atoms with Crippen LogP contribution in [0.3, 0.4) is 0 Å². The van der Waals surface area contributed by atoms with Gasteiger partial charge < -0.3 is 15.1 Å². The quantitative estimate of drug-likeness (QED) is 0.708. The molecular weight excluding hydrogens is 320 g/mol. The summed E-state index contributed by atoms with van der Waals surface area (Å²) in [6.07, 6.45) is 2.36. The van der Waals surface area contributed by atoms with Crippen LogP contribution in [0.4, 0.5) is 0 Å². The molecule has 2 heterocycles. The van der Waals surface area contributed by atoms with Crippen LogP contribution < -0.4 is 5.32 Å². The van der Waals surface area contributed by atoms with Gasteiger partial charge in [-0.15, -0.1) is 5.10 Å². The predicted octanol–water partition coefficient (Wildman–Crippen LogP) is 0.666. The van der Waals surface area contributed by atoms with Crippen molar-refractivity contribution in [2.45, 2.75) is 46.7 Å². The molecule has 2 amide bonds. The second-order valence-corrected chi connectivity index (χ2v) is 6.89. The van der Waals surface area contributed by atoms with E-state index in [1.807, 2.05) is 0 Å². The molecule has 0 aliphatic carbocycles. The third-order valence-electron chi connectivity index (χ3n) is 4.57. The van der Waals surface area contributed by atoms with Crippen molar-refractivity contribution in [1.82, 2.24) is 30.1 Å². The van der Waals surface area contributed by atoms with Crippen molar-refractivity contribution in [3.8, 4) is 0 Å². The number of nitrogens with zero attached hydrogens (tertiary/aromatic N) is 5. The number of nitrogens with one attached hydrogen (secondary N) is 1. The second-order valence-electron chi connectivity index (χ2n) is 6.89. The summed E-state index contributed by atoms with van der Waals surface area (Å²) in [6.45, 7) is 12.1. The summed E-state index contributed by atoms with van der Waals surface area (Å²) in [5.41, 5.74) is 0.876. The first kappa shape index (κ1) is 19.4. The van der Waals surface area contributed by atoms with Gasteiger partial charge in [0.05, 0.1) is 25.0 Å². The fourth-order valence-corrected chi connectivity index (χ4v) is 3.13. The van der Waals surface area contributed by atoms with Crippen molar-refractivity contribution in [3.05, 3.63) is 11.9 Å².